The molecule has 0 bridgehead atoms. The molecule has 3 rings (SSSR count). The Labute approximate surface area is 132 Å². The standard InChI is InChI=1S/C16H23BN2O3/c1-15(2)16(3,4)22-17(21-15)13-9-12(10-18-11-13)14(20)19-7-5-6-8-19/h9-11H,5-8H2,1-4H3. The van der Waals surface area contributed by atoms with Gasteiger partial charge in [-0.25, -0.2) is 0 Å². The molecule has 0 radical (unpaired) electrons. The molecule has 118 valence electrons. The largest absolute Gasteiger partial charge is 0.496 e. The molecule has 6 heteroatoms. The highest BCUT2D eigenvalue weighted by atomic mass is 16.7. The molecule has 3 heterocycles. The van der Waals surface area contributed by atoms with E-state index in [1.807, 2.05) is 38.7 Å². The lowest BCUT2D eigenvalue weighted by Crippen LogP contribution is -2.41. The SMILES string of the molecule is CC1(C)OB(c2cncc(C(=O)N3CCCC3)c2)OC1(C)C. The summed E-state index contributed by atoms with van der Waals surface area (Å²) in [5.41, 5.74) is 0.608. The van der Waals surface area contributed by atoms with Crippen LogP contribution in [-0.2, 0) is 9.31 Å². The zero-order chi connectivity index (χ0) is 16.0. The summed E-state index contributed by atoms with van der Waals surface area (Å²) in [4.78, 5) is 18.6. The molecule has 0 aliphatic carbocycles. The van der Waals surface area contributed by atoms with Gasteiger partial charge in [0.25, 0.3) is 5.91 Å². The van der Waals surface area contributed by atoms with Gasteiger partial charge in [0, 0.05) is 30.9 Å². The maximum Gasteiger partial charge on any atom is 0.496 e. The highest BCUT2D eigenvalue weighted by Crippen LogP contribution is 2.36. The van der Waals surface area contributed by atoms with Gasteiger partial charge in [0.1, 0.15) is 0 Å². The van der Waals surface area contributed by atoms with Crippen molar-refractivity contribution in [2.75, 3.05) is 13.1 Å². The van der Waals surface area contributed by atoms with Gasteiger partial charge in [-0.1, -0.05) is 0 Å². The normalized spacial score (nSPS) is 23.1. The molecule has 0 atom stereocenters. The average molecular weight is 302 g/mol. The number of nitrogens with zero attached hydrogens (tertiary/aromatic N) is 2. The Morgan fingerprint density at radius 1 is 1.14 bits per heavy atom. The smallest absolute Gasteiger partial charge is 0.399 e. The van der Waals surface area contributed by atoms with E-state index in [2.05, 4.69) is 4.98 Å². The third-order valence-electron chi connectivity index (χ3n) is 4.93. The Bertz CT molecular complexity index is 567. The second kappa shape index (κ2) is 5.35. The minimum Gasteiger partial charge on any atom is -0.399 e. The minimum absolute atomic E-state index is 0.0448. The fraction of sp³-hybridized carbons (Fsp3) is 0.625. The Morgan fingerprint density at radius 2 is 1.73 bits per heavy atom. The summed E-state index contributed by atoms with van der Waals surface area (Å²) in [6.45, 7) is 9.72. The molecular weight excluding hydrogens is 279 g/mol. The molecule has 2 aliphatic heterocycles. The van der Waals surface area contributed by atoms with E-state index in [1.165, 1.54) is 0 Å². The predicted octanol–water partition coefficient (Wildman–Crippen LogP) is 1.62. The molecule has 0 aromatic carbocycles. The average Bonchev–Trinajstić information content (AvgIpc) is 3.05. The number of hydrogen-bond acceptors (Lipinski definition) is 4. The molecule has 1 aromatic heterocycles. The number of carbonyl (C=O) groups excluding carboxylic acids is 1. The molecule has 1 aromatic rings. The van der Waals surface area contributed by atoms with Crippen molar-refractivity contribution >= 4 is 18.5 Å². The predicted molar refractivity (Wildman–Crippen MR) is 85.1 cm³/mol. The first kappa shape index (κ1) is 15.5. The molecule has 22 heavy (non-hydrogen) atoms. The van der Waals surface area contributed by atoms with Crippen molar-refractivity contribution in [1.29, 1.82) is 0 Å². The van der Waals surface area contributed by atoms with Crippen LogP contribution in [0.1, 0.15) is 50.9 Å². The fourth-order valence-electron chi connectivity index (χ4n) is 2.79. The third kappa shape index (κ3) is 2.65. The molecule has 0 spiro atoms. The maximum atomic E-state index is 12.5. The number of aromatic nitrogens is 1. The topological polar surface area (TPSA) is 51.7 Å². The number of carbonyl (C=O) groups is 1. The van der Waals surface area contributed by atoms with Crippen LogP contribution in [0.15, 0.2) is 18.5 Å². The first-order valence-corrected chi connectivity index (χ1v) is 7.90. The van der Waals surface area contributed by atoms with E-state index in [0.717, 1.165) is 31.4 Å². The molecule has 1 amide bonds. The van der Waals surface area contributed by atoms with E-state index in [4.69, 9.17) is 9.31 Å². The number of pyridine rings is 1. The summed E-state index contributed by atoms with van der Waals surface area (Å²) in [7, 11) is -0.483. The van der Waals surface area contributed by atoms with E-state index in [-0.39, 0.29) is 5.91 Å². The molecule has 0 saturated carbocycles. The van der Waals surface area contributed by atoms with Crippen LogP contribution in [0.2, 0.25) is 0 Å². The van der Waals surface area contributed by atoms with E-state index >= 15 is 0 Å². The van der Waals surface area contributed by atoms with Crippen molar-refractivity contribution in [2.45, 2.75) is 51.7 Å². The molecule has 2 saturated heterocycles. The van der Waals surface area contributed by atoms with Crippen molar-refractivity contribution in [2.24, 2.45) is 0 Å². The van der Waals surface area contributed by atoms with Gasteiger partial charge in [-0.2, -0.15) is 0 Å². The highest BCUT2D eigenvalue weighted by Gasteiger charge is 2.51. The van der Waals surface area contributed by atoms with Crippen molar-refractivity contribution in [3.63, 3.8) is 0 Å². The van der Waals surface area contributed by atoms with Gasteiger partial charge >= 0.3 is 7.12 Å². The molecule has 2 aliphatic rings. The first-order valence-electron chi connectivity index (χ1n) is 7.90. The van der Waals surface area contributed by atoms with Crippen LogP contribution >= 0.6 is 0 Å². The lowest BCUT2D eigenvalue weighted by molar-refractivity contribution is 0.00578. The lowest BCUT2D eigenvalue weighted by Gasteiger charge is -2.32. The van der Waals surface area contributed by atoms with Gasteiger partial charge in [-0.15, -0.1) is 0 Å². The first-order chi connectivity index (χ1) is 10.3. The highest BCUT2D eigenvalue weighted by molar-refractivity contribution is 6.62. The lowest BCUT2D eigenvalue weighted by atomic mass is 9.79. The minimum atomic E-state index is -0.483. The van der Waals surface area contributed by atoms with Crippen molar-refractivity contribution in [3.8, 4) is 0 Å². The zero-order valence-corrected chi connectivity index (χ0v) is 13.8. The summed E-state index contributed by atoms with van der Waals surface area (Å²) < 4.78 is 12.0. The van der Waals surface area contributed by atoms with Crippen molar-refractivity contribution in [3.05, 3.63) is 24.0 Å². The molecular formula is C16H23BN2O3. The van der Waals surface area contributed by atoms with Crippen LogP contribution < -0.4 is 5.46 Å². The Hall–Kier alpha value is -1.40. The number of amides is 1. The van der Waals surface area contributed by atoms with Crippen LogP contribution in [0.5, 0.6) is 0 Å². The second-order valence-corrected chi connectivity index (χ2v) is 7.09. The summed E-state index contributed by atoms with van der Waals surface area (Å²) in [5.74, 6) is 0.0448. The van der Waals surface area contributed by atoms with Gasteiger partial charge in [0.2, 0.25) is 0 Å². The van der Waals surface area contributed by atoms with Crippen LogP contribution in [0.25, 0.3) is 0 Å². The van der Waals surface area contributed by atoms with Gasteiger partial charge in [0.15, 0.2) is 0 Å². The molecule has 2 fully saturated rings. The van der Waals surface area contributed by atoms with E-state index in [0.29, 0.717) is 5.56 Å². The summed E-state index contributed by atoms with van der Waals surface area (Å²) >= 11 is 0. The molecule has 5 nitrogen and oxygen atoms in total. The van der Waals surface area contributed by atoms with Gasteiger partial charge in [0.05, 0.1) is 16.8 Å². The quantitative estimate of drug-likeness (QED) is 0.779. The van der Waals surface area contributed by atoms with Gasteiger partial charge in [-0.3, -0.25) is 9.78 Å². The summed E-state index contributed by atoms with van der Waals surface area (Å²) in [5, 5.41) is 0. The van der Waals surface area contributed by atoms with Crippen LogP contribution in [0.4, 0.5) is 0 Å². The number of likely N-dealkylation sites (tertiary alicyclic amines) is 1. The number of hydrogen-bond donors (Lipinski definition) is 0. The van der Waals surface area contributed by atoms with E-state index < -0.39 is 18.3 Å². The Morgan fingerprint density at radius 3 is 2.32 bits per heavy atom. The van der Waals surface area contributed by atoms with Crippen molar-refractivity contribution in [1.82, 2.24) is 9.88 Å². The zero-order valence-electron chi connectivity index (χ0n) is 13.8. The molecule has 0 unspecified atom stereocenters. The summed E-state index contributed by atoms with van der Waals surface area (Å²) in [6.07, 6.45) is 5.49. The van der Waals surface area contributed by atoms with Crippen LogP contribution in [-0.4, -0.2) is 47.2 Å². The number of rotatable bonds is 2. The van der Waals surface area contributed by atoms with Gasteiger partial charge in [-0.05, 0) is 46.6 Å². The monoisotopic (exact) mass is 302 g/mol. The van der Waals surface area contributed by atoms with E-state index in [1.54, 1.807) is 12.4 Å². The van der Waals surface area contributed by atoms with Crippen molar-refractivity contribution < 1.29 is 14.1 Å². The third-order valence-corrected chi connectivity index (χ3v) is 4.93. The summed E-state index contributed by atoms with van der Waals surface area (Å²) in [6, 6.07) is 1.84. The van der Waals surface area contributed by atoms with Crippen LogP contribution in [0, 0.1) is 0 Å². The maximum absolute atomic E-state index is 12.5. The van der Waals surface area contributed by atoms with Crippen LogP contribution in [0.3, 0.4) is 0 Å². The Kier molecular flexibility index (Phi) is 3.77. The second-order valence-electron chi connectivity index (χ2n) is 7.09. The van der Waals surface area contributed by atoms with Gasteiger partial charge < -0.3 is 14.2 Å². The van der Waals surface area contributed by atoms with E-state index in [9.17, 15) is 4.79 Å². The molecule has 0 N–H and O–H groups in total. The fourth-order valence-corrected chi connectivity index (χ4v) is 2.79. The Balaban J connectivity index is 1.82.